The van der Waals surface area contributed by atoms with E-state index in [9.17, 15) is 0 Å². The van der Waals surface area contributed by atoms with Gasteiger partial charge in [-0.25, -0.2) is 9.97 Å². The minimum atomic E-state index is 0.388. The number of hydrogen-bond acceptors (Lipinski definition) is 4. The standard InChI is InChI=1S/C17H24N4O/c1-2-20-9-7-13(11-20)16-19-15-6-3-8-18-17(15)21(16)14-5-4-10-22-12-14/h3,6,8,13-14H,2,4-5,7,9-12H2,1H3. The molecule has 2 aromatic rings. The average molecular weight is 300 g/mol. The summed E-state index contributed by atoms with van der Waals surface area (Å²) in [5.41, 5.74) is 2.06. The molecule has 0 bridgehead atoms. The van der Waals surface area contributed by atoms with Crippen molar-refractivity contribution in [3.63, 3.8) is 0 Å². The number of rotatable bonds is 3. The zero-order chi connectivity index (χ0) is 14.9. The highest BCUT2D eigenvalue weighted by atomic mass is 16.5. The molecule has 4 heterocycles. The van der Waals surface area contributed by atoms with Crippen LogP contribution in [0.4, 0.5) is 0 Å². The van der Waals surface area contributed by atoms with Gasteiger partial charge in [0.05, 0.1) is 12.6 Å². The van der Waals surface area contributed by atoms with Crippen LogP contribution >= 0.6 is 0 Å². The Balaban J connectivity index is 1.76. The monoisotopic (exact) mass is 300 g/mol. The molecule has 0 amide bonds. The molecular weight excluding hydrogens is 276 g/mol. The maximum absolute atomic E-state index is 5.73. The second-order valence-electron chi connectivity index (χ2n) is 6.44. The average Bonchev–Trinajstić information content (AvgIpc) is 3.19. The van der Waals surface area contributed by atoms with Crippen molar-refractivity contribution in [2.24, 2.45) is 0 Å². The summed E-state index contributed by atoms with van der Waals surface area (Å²) >= 11 is 0. The Bertz CT molecular complexity index is 647. The number of fused-ring (bicyclic) bond motifs is 1. The summed E-state index contributed by atoms with van der Waals surface area (Å²) in [6.07, 6.45) is 5.37. The summed E-state index contributed by atoms with van der Waals surface area (Å²) in [6.45, 7) is 7.34. The van der Waals surface area contributed by atoms with Gasteiger partial charge in [-0.1, -0.05) is 6.92 Å². The van der Waals surface area contributed by atoms with Crippen molar-refractivity contribution < 1.29 is 4.74 Å². The number of aromatic nitrogens is 3. The van der Waals surface area contributed by atoms with Crippen molar-refractivity contribution in [2.75, 3.05) is 32.8 Å². The van der Waals surface area contributed by atoms with Crippen LogP contribution in [0.3, 0.4) is 0 Å². The zero-order valence-corrected chi connectivity index (χ0v) is 13.2. The van der Waals surface area contributed by atoms with Crippen molar-refractivity contribution in [1.29, 1.82) is 0 Å². The van der Waals surface area contributed by atoms with Gasteiger partial charge in [0, 0.05) is 25.3 Å². The molecule has 5 nitrogen and oxygen atoms in total. The molecule has 118 valence electrons. The Morgan fingerprint density at radius 3 is 3.09 bits per heavy atom. The Morgan fingerprint density at radius 1 is 1.36 bits per heavy atom. The van der Waals surface area contributed by atoms with Gasteiger partial charge >= 0.3 is 0 Å². The van der Waals surface area contributed by atoms with Gasteiger partial charge in [-0.05, 0) is 44.5 Å². The summed E-state index contributed by atoms with van der Waals surface area (Å²) in [7, 11) is 0. The van der Waals surface area contributed by atoms with Gasteiger partial charge in [-0.15, -0.1) is 0 Å². The summed E-state index contributed by atoms with van der Waals surface area (Å²) in [5, 5.41) is 0. The van der Waals surface area contributed by atoms with Gasteiger partial charge < -0.3 is 14.2 Å². The van der Waals surface area contributed by atoms with Crippen LogP contribution in [0.15, 0.2) is 18.3 Å². The van der Waals surface area contributed by atoms with Gasteiger partial charge in [0.25, 0.3) is 0 Å². The number of pyridine rings is 1. The van der Waals surface area contributed by atoms with Crippen molar-refractivity contribution >= 4 is 11.2 Å². The lowest BCUT2D eigenvalue weighted by molar-refractivity contribution is 0.0590. The summed E-state index contributed by atoms with van der Waals surface area (Å²) in [4.78, 5) is 12.1. The number of ether oxygens (including phenoxy) is 1. The van der Waals surface area contributed by atoms with Crippen LogP contribution in [0.5, 0.6) is 0 Å². The van der Waals surface area contributed by atoms with E-state index in [2.05, 4.69) is 27.4 Å². The van der Waals surface area contributed by atoms with E-state index < -0.39 is 0 Å². The van der Waals surface area contributed by atoms with Gasteiger partial charge in [0.15, 0.2) is 5.65 Å². The first kappa shape index (κ1) is 14.2. The first-order valence-corrected chi connectivity index (χ1v) is 8.49. The van der Waals surface area contributed by atoms with Gasteiger partial charge in [-0.2, -0.15) is 0 Å². The first-order chi connectivity index (χ1) is 10.9. The third-order valence-corrected chi connectivity index (χ3v) is 5.06. The smallest absolute Gasteiger partial charge is 0.160 e. The van der Waals surface area contributed by atoms with Crippen molar-refractivity contribution in [3.05, 3.63) is 24.2 Å². The van der Waals surface area contributed by atoms with Crippen molar-refractivity contribution in [2.45, 2.75) is 38.1 Å². The maximum Gasteiger partial charge on any atom is 0.160 e. The Labute approximate surface area is 131 Å². The quantitative estimate of drug-likeness (QED) is 0.874. The molecule has 2 fully saturated rings. The molecule has 4 rings (SSSR count). The van der Waals surface area contributed by atoms with Crippen molar-refractivity contribution in [3.8, 4) is 0 Å². The SMILES string of the molecule is CCN1CCC(c2nc3cccnc3n2C2CCCOC2)C1. The molecule has 5 heteroatoms. The van der Waals surface area contributed by atoms with Crippen LogP contribution in [0.2, 0.25) is 0 Å². The number of likely N-dealkylation sites (N-methyl/N-ethyl adjacent to an activating group) is 1. The summed E-state index contributed by atoms with van der Waals surface area (Å²) < 4.78 is 8.12. The minimum Gasteiger partial charge on any atom is -0.379 e. The van der Waals surface area contributed by atoms with E-state index in [1.54, 1.807) is 0 Å². The lowest BCUT2D eigenvalue weighted by atomic mass is 10.1. The van der Waals surface area contributed by atoms with Crippen LogP contribution in [0.25, 0.3) is 11.2 Å². The lowest BCUT2D eigenvalue weighted by Gasteiger charge is -2.26. The highest BCUT2D eigenvalue weighted by Gasteiger charge is 2.30. The van der Waals surface area contributed by atoms with Crippen LogP contribution in [-0.4, -0.2) is 52.3 Å². The molecule has 2 aromatic heterocycles. The second kappa shape index (κ2) is 5.97. The number of nitrogens with zero attached hydrogens (tertiary/aromatic N) is 4. The third kappa shape index (κ3) is 2.42. The van der Waals surface area contributed by atoms with E-state index >= 15 is 0 Å². The number of imidazole rings is 1. The summed E-state index contributed by atoms with van der Waals surface area (Å²) in [5.74, 6) is 1.75. The molecule has 2 aliphatic rings. The van der Waals surface area contributed by atoms with Crippen LogP contribution < -0.4 is 0 Å². The highest BCUT2D eigenvalue weighted by molar-refractivity contribution is 5.71. The predicted octanol–water partition coefficient (Wildman–Crippen LogP) is 2.59. The fourth-order valence-electron chi connectivity index (χ4n) is 3.85. The molecule has 2 atom stereocenters. The molecule has 2 unspecified atom stereocenters. The van der Waals surface area contributed by atoms with E-state index in [4.69, 9.17) is 9.72 Å². The molecule has 0 spiro atoms. The second-order valence-corrected chi connectivity index (χ2v) is 6.44. The topological polar surface area (TPSA) is 43.2 Å². The Kier molecular flexibility index (Phi) is 3.84. The number of hydrogen-bond donors (Lipinski definition) is 0. The molecule has 22 heavy (non-hydrogen) atoms. The fourth-order valence-corrected chi connectivity index (χ4v) is 3.85. The van der Waals surface area contributed by atoms with E-state index in [0.717, 1.165) is 43.9 Å². The molecule has 0 saturated carbocycles. The molecular formula is C17H24N4O. The zero-order valence-electron chi connectivity index (χ0n) is 13.2. The van der Waals surface area contributed by atoms with E-state index in [1.807, 2.05) is 12.3 Å². The van der Waals surface area contributed by atoms with Crippen molar-refractivity contribution in [1.82, 2.24) is 19.4 Å². The highest BCUT2D eigenvalue weighted by Crippen LogP contribution is 2.33. The molecule has 0 aliphatic carbocycles. The van der Waals surface area contributed by atoms with Gasteiger partial charge in [0.1, 0.15) is 11.3 Å². The molecule has 2 aliphatic heterocycles. The molecule has 0 aromatic carbocycles. The molecule has 0 radical (unpaired) electrons. The lowest BCUT2D eigenvalue weighted by Crippen LogP contribution is -2.25. The molecule has 2 saturated heterocycles. The first-order valence-electron chi connectivity index (χ1n) is 8.49. The normalized spacial score (nSPS) is 26.8. The molecule has 0 N–H and O–H groups in total. The summed E-state index contributed by atoms with van der Waals surface area (Å²) in [6, 6.07) is 4.45. The maximum atomic E-state index is 5.73. The Hall–Kier alpha value is -1.46. The largest absolute Gasteiger partial charge is 0.379 e. The van der Waals surface area contributed by atoms with Gasteiger partial charge in [0.2, 0.25) is 0 Å². The predicted molar refractivity (Wildman–Crippen MR) is 86.1 cm³/mol. The third-order valence-electron chi connectivity index (χ3n) is 5.06. The van der Waals surface area contributed by atoms with Crippen LogP contribution in [0.1, 0.15) is 44.0 Å². The van der Waals surface area contributed by atoms with E-state index in [1.165, 1.54) is 25.2 Å². The van der Waals surface area contributed by atoms with E-state index in [-0.39, 0.29) is 0 Å². The van der Waals surface area contributed by atoms with Gasteiger partial charge in [-0.3, -0.25) is 0 Å². The minimum absolute atomic E-state index is 0.388. The van der Waals surface area contributed by atoms with Crippen LogP contribution in [0, 0.1) is 0 Å². The number of likely N-dealkylation sites (tertiary alicyclic amines) is 1. The van der Waals surface area contributed by atoms with E-state index in [0.29, 0.717) is 12.0 Å². The van der Waals surface area contributed by atoms with Crippen LogP contribution in [-0.2, 0) is 4.74 Å². The fraction of sp³-hybridized carbons (Fsp3) is 0.647. The Morgan fingerprint density at radius 2 is 2.32 bits per heavy atom.